The van der Waals surface area contributed by atoms with Gasteiger partial charge in [0, 0.05) is 7.05 Å². The minimum Gasteiger partial charge on any atom is -0.477 e. The van der Waals surface area contributed by atoms with Crippen LogP contribution >= 0.6 is 11.6 Å². The molecule has 140 valence electrons. The Morgan fingerprint density at radius 3 is 2.81 bits per heavy atom. The average molecular weight is 394 g/mol. The van der Waals surface area contributed by atoms with E-state index in [9.17, 15) is 14.0 Å². The van der Waals surface area contributed by atoms with Crippen molar-refractivity contribution in [3.8, 4) is 5.75 Å². The molecule has 2 heterocycles. The summed E-state index contributed by atoms with van der Waals surface area (Å²) in [6.07, 6.45) is 4.01. The topological polar surface area (TPSA) is 111 Å². The number of aromatic carboxylic acids is 1. The Hall–Kier alpha value is -3.40. The molecule has 3 rings (SSSR count). The fourth-order valence-electron chi connectivity index (χ4n) is 2.28. The largest absolute Gasteiger partial charge is 0.477 e. The van der Waals surface area contributed by atoms with E-state index in [1.165, 1.54) is 42.5 Å². The van der Waals surface area contributed by atoms with E-state index >= 15 is 0 Å². The number of carbonyl (C=O) groups excluding carboxylic acids is 1. The standard InChI is InChI=1S/C16H13ClFN5O4/c1-22-14(16(25)26)11(6-19-22)15(24)21-10-5-20-23(7-10)8-27-13-3-2-9(18)4-12(13)17/h2-7H,8H2,1H3,(H,21,24)(H,25,26). The van der Waals surface area contributed by atoms with Crippen LogP contribution in [0, 0.1) is 5.82 Å². The van der Waals surface area contributed by atoms with Crippen LogP contribution in [0.1, 0.15) is 20.8 Å². The summed E-state index contributed by atoms with van der Waals surface area (Å²) < 4.78 is 20.9. The Labute approximate surface area is 156 Å². The van der Waals surface area contributed by atoms with E-state index in [-0.39, 0.29) is 28.8 Å². The number of benzene rings is 1. The highest BCUT2D eigenvalue weighted by atomic mass is 35.5. The van der Waals surface area contributed by atoms with Gasteiger partial charge < -0.3 is 15.2 Å². The van der Waals surface area contributed by atoms with Crippen molar-refractivity contribution in [1.82, 2.24) is 19.6 Å². The monoisotopic (exact) mass is 393 g/mol. The number of hydrogen-bond donors (Lipinski definition) is 2. The van der Waals surface area contributed by atoms with Crippen LogP contribution in [0.15, 0.2) is 36.8 Å². The Balaban J connectivity index is 1.66. The SMILES string of the molecule is Cn1ncc(C(=O)Nc2cnn(COc3ccc(F)cc3Cl)c2)c1C(=O)O. The molecule has 0 aliphatic rings. The number of anilines is 1. The van der Waals surface area contributed by atoms with Crippen molar-refractivity contribution >= 4 is 29.2 Å². The van der Waals surface area contributed by atoms with Crippen molar-refractivity contribution < 1.29 is 23.8 Å². The summed E-state index contributed by atoms with van der Waals surface area (Å²) in [5.41, 5.74) is 0.0234. The second kappa shape index (κ2) is 7.46. The molecule has 27 heavy (non-hydrogen) atoms. The highest BCUT2D eigenvalue weighted by Crippen LogP contribution is 2.25. The van der Waals surface area contributed by atoms with Crippen LogP contribution in [0.4, 0.5) is 10.1 Å². The van der Waals surface area contributed by atoms with Gasteiger partial charge in [-0.1, -0.05) is 11.6 Å². The molecule has 0 aliphatic heterocycles. The lowest BCUT2D eigenvalue weighted by Crippen LogP contribution is -2.17. The second-order valence-corrected chi connectivity index (χ2v) is 5.81. The molecular formula is C16H13ClFN5O4. The Kier molecular flexibility index (Phi) is 5.08. The number of ether oxygens (including phenoxy) is 1. The summed E-state index contributed by atoms with van der Waals surface area (Å²) in [4.78, 5) is 23.5. The number of aromatic nitrogens is 4. The van der Waals surface area contributed by atoms with Crippen LogP contribution < -0.4 is 10.1 Å². The van der Waals surface area contributed by atoms with Crippen LogP contribution in [0.5, 0.6) is 5.75 Å². The van der Waals surface area contributed by atoms with Crippen LogP contribution in [0.25, 0.3) is 0 Å². The van der Waals surface area contributed by atoms with Crippen molar-refractivity contribution in [3.05, 3.63) is 58.9 Å². The molecule has 0 aliphatic carbocycles. The third-order valence-corrected chi connectivity index (χ3v) is 3.82. The molecule has 0 spiro atoms. The lowest BCUT2D eigenvalue weighted by atomic mass is 10.2. The van der Waals surface area contributed by atoms with E-state index < -0.39 is 17.7 Å². The summed E-state index contributed by atoms with van der Waals surface area (Å²) in [5, 5.41) is 19.6. The Bertz CT molecular complexity index is 1020. The van der Waals surface area contributed by atoms with Crippen molar-refractivity contribution in [3.63, 3.8) is 0 Å². The van der Waals surface area contributed by atoms with Crippen LogP contribution in [-0.4, -0.2) is 36.5 Å². The number of carbonyl (C=O) groups is 2. The lowest BCUT2D eigenvalue weighted by molar-refractivity contribution is 0.0680. The van der Waals surface area contributed by atoms with Gasteiger partial charge in [0.1, 0.15) is 11.6 Å². The average Bonchev–Trinajstić information content (AvgIpc) is 3.20. The number of nitrogens with one attached hydrogen (secondary N) is 1. The first kappa shape index (κ1) is 18.4. The van der Waals surface area contributed by atoms with Gasteiger partial charge >= 0.3 is 5.97 Å². The van der Waals surface area contributed by atoms with E-state index in [0.29, 0.717) is 5.69 Å². The predicted molar refractivity (Wildman–Crippen MR) is 92.4 cm³/mol. The van der Waals surface area contributed by atoms with Gasteiger partial charge in [-0.3, -0.25) is 9.48 Å². The zero-order chi connectivity index (χ0) is 19.6. The highest BCUT2D eigenvalue weighted by molar-refractivity contribution is 6.32. The normalized spacial score (nSPS) is 10.6. The highest BCUT2D eigenvalue weighted by Gasteiger charge is 2.21. The molecule has 0 atom stereocenters. The van der Waals surface area contributed by atoms with Gasteiger partial charge in [0.15, 0.2) is 12.4 Å². The molecule has 0 radical (unpaired) electrons. The summed E-state index contributed by atoms with van der Waals surface area (Å²) in [6, 6.07) is 3.73. The maximum absolute atomic E-state index is 13.0. The molecule has 1 amide bonds. The number of amides is 1. The quantitative estimate of drug-likeness (QED) is 0.665. The zero-order valence-corrected chi connectivity index (χ0v) is 14.6. The van der Waals surface area contributed by atoms with E-state index in [1.54, 1.807) is 0 Å². The fourth-order valence-corrected chi connectivity index (χ4v) is 2.50. The van der Waals surface area contributed by atoms with Crippen LogP contribution in [0.2, 0.25) is 5.02 Å². The predicted octanol–water partition coefficient (Wildman–Crippen LogP) is 2.40. The smallest absolute Gasteiger partial charge is 0.354 e. The molecule has 11 heteroatoms. The Morgan fingerprint density at radius 1 is 1.33 bits per heavy atom. The van der Waals surface area contributed by atoms with E-state index in [0.717, 1.165) is 10.7 Å². The van der Waals surface area contributed by atoms with Crippen molar-refractivity contribution in [2.24, 2.45) is 7.05 Å². The van der Waals surface area contributed by atoms with Crippen LogP contribution in [-0.2, 0) is 13.8 Å². The molecule has 0 fully saturated rings. The number of nitrogens with zero attached hydrogens (tertiary/aromatic N) is 4. The van der Waals surface area contributed by atoms with E-state index in [4.69, 9.17) is 21.4 Å². The number of carboxylic acid groups (broad SMARTS) is 1. The number of halogens is 2. The zero-order valence-electron chi connectivity index (χ0n) is 13.9. The third-order valence-electron chi connectivity index (χ3n) is 3.52. The van der Waals surface area contributed by atoms with Crippen molar-refractivity contribution in [1.29, 1.82) is 0 Å². The number of hydrogen-bond acceptors (Lipinski definition) is 5. The third kappa shape index (κ3) is 4.06. The van der Waals surface area contributed by atoms with E-state index in [2.05, 4.69) is 15.5 Å². The van der Waals surface area contributed by atoms with Crippen LogP contribution in [0.3, 0.4) is 0 Å². The summed E-state index contributed by atoms with van der Waals surface area (Å²) >= 11 is 5.87. The van der Waals surface area contributed by atoms with Gasteiger partial charge in [-0.25, -0.2) is 13.9 Å². The van der Waals surface area contributed by atoms with Gasteiger partial charge in [-0.05, 0) is 18.2 Å². The molecule has 2 aromatic heterocycles. The van der Waals surface area contributed by atoms with E-state index in [1.807, 2.05) is 0 Å². The number of carboxylic acids is 1. The molecule has 2 N–H and O–H groups in total. The lowest BCUT2D eigenvalue weighted by Gasteiger charge is -2.07. The van der Waals surface area contributed by atoms with Crippen molar-refractivity contribution in [2.75, 3.05) is 5.32 Å². The summed E-state index contributed by atoms with van der Waals surface area (Å²) in [6.45, 7) is -0.0332. The molecule has 0 saturated heterocycles. The number of rotatable bonds is 6. The van der Waals surface area contributed by atoms with Gasteiger partial charge in [0.2, 0.25) is 0 Å². The molecule has 3 aromatic rings. The molecule has 0 saturated carbocycles. The first-order valence-electron chi connectivity index (χ1n) is 7.52. The number of aryl methyl sites for hydroxylation is 1. The first-order chi connectivity index (χ1) is 12.8. The minimum atomic E-state index is -1.26. The van der Waals surface area contributed by atoms with Crippen molar-refractivity contribution in [2.45, 2.75) is 6.73 Å². The van der Waals surface area contributed by atoms with Gasteiger partial charge in [0.05, 0.1) is 34.9 Å². The fraction of sp³-hybridized carbons (Fsp3) is 0.125. The maximum Gasteiger partial charge on any atom is 0.354 e. The molecule has 1 aromatic carbocycles. The molecule has 9 nitrogen and oxygen atoms in total. The second-order valence-electron chi connectivity index (χ2n) is 5.41. The maximum atomic E-state index is 13.0. The first-order valence-corrected chi connectivity index (χ1v) is 7.90. The Morgan fingerprint density at radius 2 is 2.11 bits per heavy atom. The summed E-state index contributed by atoms with van der Waals surface area (Å²) in [5.74, 6) is -2.10. The molecular weight excluding hydrogens is 381 g/mol. The van der Waals surface area contributed by atoms with Gasteiger partial charge in [0.25, 0.3) is 5.91 Å². The summed E-state index contributed by atoms with van der Waals surface area (Å²) in [7, 11) is 1.43. The minimum absolute atomic E-state index is 0.0332. The van der Waals surface area contributed by atoms with Gasteiger partial charge in [-0.2, -0.15) is 10.2 Å². The molecule has 0 unspecified atom stereocenters. The van der Waals surface area contributed by atoms with Gasteiger partial charge in [-0.15, -0.1) is 0 Å². The molecule has 0 bridgehead atoms.